The van der Waals surface area contributed by atoms with Gasteiger partial charge >= 0.3 is 0 Å². The standard InChI is InChI=1S/C14H21NO2/c1-11-3-4-12-5-6-13(17-14(12)9-11)10-15-7-2-8-16/h3-4,9,13,15-16H,2,5-8,10H2,1H3. The summed E-state index contributed by atoms with van der Waals surface area (Å²) in [6.45, 7) is 4.07. The minimum absolute atomic E-state index is 0.251. The Kier molecular flexibility index (Phi) is 4.40. The van der Waals surface area contributed by atoms with Crippen LogP contribution in [0.5, 0.6) is 5.75 Å². The highest BCUT2D eigenvalue weighted by atomic mass is 16.5. The van der Waals surface area contributed by atoms with E-state index in [1.165, 1.54) is 11.1 Å². The molecule has 1 atom stereocenters. The summed E-state index contributed by atoms with van der Waals surface area (Å²) < 4.78 is 5.97. The lowest BCUT2D eigenvalue weighted by molar-refractivity contribution is 0.169. The highest BCUT2D eigenvalue weighted by Crippen LogP contribution is 2.28. The molecule has 1 aliphatic rings. The Labute approximate surface area is 103 Å². The molecule has 1 aromatic carbocycles. The van der Waals surface area contributed by atoms with Crippen molar-refractivity contribution < 1.29 is 9.84 Å². The van der Waals surface area contributed by atoms with Gasteiger partial charge < -0.3 is 15.2 Å². The lowest BCUT2D eigenvalue weighted by Crippen LogP contribution is -2.34. The molecule has 0 amide bonds. The van der Waals surface area contributed by atoms with Crippen LogP contribution in [0, 0.1) is 6.92 Å². The molecule has 0 saturated carbocycles. The second kappa shape index (κ2) is 6.03. The van der Waals surface area contributed by atoms with Crippen molar-refractivity contribution in [3.8, 4) is 5.75 Å². The largest absolute Gasteiger partial charge is 0.489 e. The number of aryl methyl sites for hydroxylation is 2. The third kappa shape index (κ3) is 3.45. The van der Waals surface area contributed by atoms with Crippen LogP contribution in [0.4, 0.5) is 0 Å². The molecule has 1 unspecified atom stereocenters. The number of fused-ring (bicyclic) bond motifs is 1. The fraction of sp³-hybridized carbons (Fsp3) is 0.571. The molecule has 0 fully saturated rings. The van der Waals surface area contributed by atoms with Crippen LogP contribution >= 0.6 is 0 Å². The zero-order valence-electron chi connectivity index (χ0n) is 10.4. The molecule has 0 radical (unpaired) electrons. The highest BCUT2D eigenvalue weighted by Gasteiger charge is 2.18. The lowest BCUT2D eigenvalue weighted by atomic mass is 10.0. The van der Waals surface area contributed by atoms with Gasteiger partial charge in [-0.25, -0.2) is 0 Å². The number of nitrogens with one attached hydrogen (secondary N) is 1. The molecule has 0 aromatic heterocycles. The van der Waals surface area contributed by atoms with Crippen molar-refractivity contribution >= 4 is 0 Å². The van der Waals surface area contributed by atoms with Crippen LogP contribution in [0.1, 0.15) is 24.0 Å². The van der Waals surface area contributed by atoms with E-state index in [-0.39, 0.29) is 12.7 Å². The maximum atomic E-state index is 8.69. The van der Waals surface area contributed by atoms with Crippen LogP contribution in [0.15, 0.2) is 18.2 Å². The van der Waals surface area contributed by atoms with E-state index < -0.39 is 0 Å². The second-order valence-electron chi connectivity index (χ2n) is 4.67. The van der Waals surface area contributed by atoms with Crippen molar-refractivity contribution in [3.05, 3.63) is 29.3 Å². The van der Waals surface area contributed by atoms with Crippen LogP contribution in [0.2, 0.25) is 0 Å². The summed E-state index contributed by atoms with van der Waals surface area (Å²) in [5.74, 6) is 1.05. The molecule has 0 saturated heterocycles. The average molecular weight is 235 g/mol. The molecule has 3 heteroatoms. The zero-order valence-corrected chi connectivity index (χ0v) is 10.4. The molecule has 0 aliphatic carbocycles. The molecular weight excluding hydrogens is 214 g/mol. The maximum absolute atomic E-state index is 8.69. The summed E-state index contributed by atoms with van der Waals surface area (Å²) in [6.07, 6.45) is 3.25. The predicted octanol–water partition coefficient (Wildman–Crippen LogP) is 1.66. The Balaban J connectivity index is 1.85. The molecule has 1 aromatic rings. The Morgan fingerprint density at radius 1 is 1.47 bits per heavy atom. The van der Waals surface area contributed by atoms with E-state index in [0.29, 0.717) is 0 Å². The van der Waals surface area contributed by atoms with Gasteiger partial charge in [0.15, 0.2) is 0 Å². The van der Waals surface area contributed by atoms with Gasteiger partial charge in [-0.15, -0.1) is 0 Å². The fourth-order valence-electron chi connectivity index (χ4n) is 2.14. The zero-order chi connectivity index (χ0) is 12.1. The molecule has 94 valence electrons. The number of hydrogen-bond acceptors (Lipinski definition) is 3. The molecule has 1 heterocycles. The molecule has 0 bridgehead atoms. The first kappa shape index (κ1) is 12.4. The second-order valence-corrected chi connectivity index (χ2v) is 4.67. The van der Waals surface area contributed by atoms with Gasteiger partial charge in [-0.3, -0.25) is 0 Å². The van der Waals surface area contributed by atoms with Gasteiger partial charge in [-0.2, -0.15) is 0 Å². The number of hydrogen-bond donors (Lipinski definition) is 2. The van der Waals surface area contributed by atoms with Gasteiger partial charge in [0, 0.05) is 13.2 Å². The Hall–Kier alpha value is -1.06. The number of benzene rings is 1. The van der Waals surface area contributed by atoms with Crippen molar-refractivity contribution in [1.29, 1.82) is 0 Å². The molecule has 3 nitrogen and oxygen atoms in total. The summed E-state index contributed by atoms with van der Waals surface area (Å²) in [5.41, 5.74) is 2.57. The Morgan fingerprint density at radius 3 is 3.18 bits per heavy atom. The first-order chi connectivity index (χ1) is 8.29. The topological polar surface area (TPSA) is 41.5 Å². The maximum Gasteiger partial charge on any atom is 0.123 e. The van der Waals surface area contributed by atoms with Crippen LogP contribution < -0.4 is 10.1 Å². The number of rotatable bonds is 5. The average Bonchev–Trinajstić information content (AvgIpc) is 2.34. The van der Waals surface area contributed by atoms with Gasteiger partial charge in [-0.1, -0.05) is 12.1 Å². The van der Waals surface area contributed by atoms with Gasteiger partial charge in [0.1, 0.15) is 11.9 Å². The Bertz CT molecular complexity index is 365. The third-order valence-corrected chi connectivity index (χ3v) is 3.14. The molecule has 2 N–H and O–H groups in total. The van der Waals surface area contributed by atoms with E-state index in [1.54, 1.807) is 0 Å². The van der Waals surface area contributed by atoms with Crippen molar-refractivity contribution in [1.82, 2.24) is 5.32 Å². The summed E-state index contributed by atoms with van der Waals surface area (Å²) in [7, 11) is 0. The lowest BCUT2D eigenvalue weighted by Gasteiger charge is -2.26. The van der Waals surface area contributed by atoms with Gasteiger partial charge in [0.2, 0.25) is 0 Å². The smallest absolute Gasteiger partial charge is 0.123 e. The summed E-state index contributed by atoms with van der Waals surface area (Å²) >= 11 is 0. The summed E-state index contributed by atoms with van der Waals surface area (Å²) in [6, 6.07) is 6.43. The first-order valence-corrected chi connectivity index (χ1v) is 6.37. The van der Waals surface area contributed by atoms with Crippen LogP contribution in [0.3, 0.4) is 0 Å². The SMILES string of the molecule is Cc1ccc2c(c1)OC(CNCCCO)CC2. The van der Waals surface area contributed by atoms with Gasteiger partial charge in [0.25, 0.3) is 0 Å². The number of aliphatic hydroxyl groups excluding tert-OH is 1. The van der Waals surface area contributed by atoms with Crippen LogP contribution in [-0.2, 0) is 6.42 Å². The van der Waals surface area contributed by atoms with Crippen molar-refractivity contribution in [3.63, 3.8) is 0 Å². The van der Waals surface area contributed by atoms with Crippen LogP contribution in [0.25, 0.3) is 0 Å². The molecule has 2 rings (SSSR count). The molecule has 17 heavy (non-hydrogen) atoms. The van der Waals surface area contributed by atoms with E-state index in [4.69, 9.17) is 9.84 Å². The monoisotopic (exact) mass is 235 g/mol. The van der Waals surface area contributed by atoms with E-state index in [9.17, 15) is 0 Å². The van der Waals surface area contributed by atoms with Gasteiger partial charge in [0.05, 0.1) is 0 Å². The van der Waals surface area contributed by atoms with E-state index in [2.05, 4.69) is 30.4 Å². The highest BCUT2D eigenvalue weighted by molar-refractivity contribution is 5.38. The fourth-order valence-corrected chi connectivity index (χ4v) is 2.14. The molecule has 0 spiro atoms. The number of aliphatic hydroxyl groups is 1. The molecular formula is C14H21NO2. The Morgan fingerprint density at radius 2 is 2.35 bits per heavy atom. The predicted molar refractivity (Wildman–Crippen MR) is 68.5 cm³/mol. The van der Waals surface area contributed by atoms with Crippen molar-refractivity contribution in [2.45, 2.75) is 32.3 Å². The minimum Gasteiger partial charge on any atom is -0.489 e. The summed E-state index contributed by atoms with van der Waals surface area (Å²) in [4.78, 5) is 0. The number of ether oxygens (including phenoxy) is 1. The van der Waals surface area contributed by atoms with E-state index in [1.807, 2.05) is 0 Å². The van der Waals surface area contributed by atoms with E-state index in [0.717, 1.165) is 38.1 Å². The van der Waals surface area contributed by atoms with Crippen molar-refractivity contribution in [2.24, 2.45) is 0 Å². The summed E-state index contributed by atoms with van der Waals surface area (Å²) in [5, 5.41) is 12.0. The van der Waals surface area contributed by atoms with E-state index >= 15 is 0 Å². The first-order valence-electron chi connectivity index (χ1n) is 6.37. The van der Waals surface area contributed by atoms with Crippen LogP contribution in [-0.4, -0.2) is 30.9 Å². The third-order valence-electron chi connectivity index (χ3n) is 3.14. The van der Waals surface area contributed by atoms with Gasteiger partial charge in [-0.05, 0) is 49.9 Å². The van der Waals surface area contributed by atoms with Crippen molar-refractivity contribution in [2.75, 3.05) is 19.7 Å². The normalized spacial score (nSPS) is 18.6. The minimum atomic E-state index is 0.251. The molecule has 1 aliphatic heterocycles. The quantitative estimate of drug-likeness (QED) is 0.763.